The third-order valence-electron chi connectivity index (χ3n) is 8.02. The van der Waals surface area contributed by atoms with E-state index < -0.39 is 12.0 Å². The summed E-state index contributed by atoms with van der Waals surface area (Å²) in [5.74, 6) is 0.550. The van der Waals surface area contributed by atoms with E-state index in [0.717, 1.165) is 35.7 Å². The maximum atomic E-state index is 13.8. The molecule has 0 spiro atoms. The minimum absolute atomic E-state index is 0.0358. The van der Waals surface area contributed by atoms with Gasteiger partial charge in [-0.15, -0.1) is 0 Å². The average Bonchev–Trinajstić information content (AvgIpc) is 3.37. The number of hydrogen-bond acceptors (Lipinski definition) is 5. The molecule has 1 saturated heterocycles. The van der Waals surface area contributed by atoms with E-state index in [0.29, 0.717) is 35.4 Å². The van der Waals surface area contributed by atoms with Gasteiger partial charge in [0.1, 0.15) is 18.1 Å². The number of amides is 3. The number of carbonyl (C=O) groups is 3. The molecule has 3 aromatic carbocycles. The standard InChI is InChI=1S/C32H34BrN3O6/c1-41-29-16-20(10-15-27(29)35-32(40)34-26-8-4-3-7-25(26)33)17-30(37)36-23(18-22-6-2-5-9-28(22)36)19-42-24-13-11-21(12-14-24)31(38)39/h3-4,7-8,10-16,22-23,28H,2,5-6,9,17-19H2,1H3,(H,38,39)(H2,34,35,40). The summed E-state index contributed by atoms with van der Waals surface area (Å²) >= 11 is 3.42. The van der Waals surface area contributed by atoms with Crippen LogP contribution in [0.1, 0.15) is 48.0 Å². The summed E-state index contributed by atoms with van der Waals surface area (Å²) in [7, 11) is 1.53. The molecule has 1 heterocycles. The first-order chi connectivity index (χ1) is 20.3. The number of nitrogens with one attached hydrogen (secondary N) is 2. The van der Waals surface area contributed by atoms with Crippen LogP contribution in [0, 0.1) is 5.92 Å². The van der Waals surface area contributed by atoms with E-state index in [-0.39, 0.29) is 30.0 Å². The maximum Gasteiger partial charge on any atom is 0.335 e. The van der Waals surface area contributed by atoms with Crippen LogP contribution in [0.15, 0.2) is 71.2 Å². The number of anilines is 2. The third kappa shape index (κ3) is 6.87. The normalized spacial score (nSPS) is 19.5. The topological polar surface area (TPSA) is 117 Å². The van der Waals surface area contributed by atoms with Crippen LogP contribution in [0.5, 0.6) is 11.5 Å². The molecule has 1 saturated carbocycles. The van der Waals surface area contributed by atoms with Gasteiger partial charge in [0, 0.05) is 10.5 Å². The number of urea groups is 1. The highest BCUT2D eigenvalue weighted by molar-refractivity contribution is 9.10. The Morgan fingerprint density at radius 3 is 2.45 bits per heavy atom. The predicted octanol–water partition coefficient (Wildman–Crippen LogP) is 6.58. The van der Waals surface area contributed by atoms with E-state index in [9.17, 15) is 14.4 Å². The number of halogens is 1. The summed E-state index contributed by atoms with van der Waals surface area (Å²) in [6.45, 7) is 0.351. The molecular weight excluding hydrogens is 602 g/mol. The Hall–Kier alpha value is -4.05. The molecule has 5 rings (SSSR count). The fourth-order valence-corrected chi connectivity index (χ4v) is 6.42. The molecule has 0 aromatic heterocycles. The first-order valence-electron chi connectivity index (χ1n) is 14.1. The first-order valence-corrected chi connectivity index (χ1v) is 14.9. The molecule has 10 heteroatoms. The quantitative estimate of drug-likeness (QED) is 0.244. The first kappa shape index (κ1) is 29.4. The van der Waals surface area contributed by atoms with Crippen molar-refractivity contribution in [1.29, 1.82) is 0 Å². The van der Waals surface area contributed by atoms with Crippen molar-refractivity contribution >= 4 is 45.2 Å². The smallest absolute Gasteiger partial charge is 0.335 e. The number of para-hydroxylation sites is 1. The minimum atomic E-state index is -0.984. The number of carbonyl (C=O) groups excluding carboxylic acids is 2. The molecule has 3 atom stereocenters. The highest BCUT2D eigenvalue weighted by atomic mass is 79.9. The van der Waals surface area contributed by atoms with Gasteiger partial charge in [-0.3, -0.25) is 4.79 Å². The number of carboxylic acid groups (broad SMARTS) is 1. The van der Waals surface area contributed by atoms with Gasteiger partial charge in [0.15, 0.2) is 0 Å². The second-order valence-electron chi connectivity index (χ2n) is 10.7. The highest BCUT2D eigenvalue weighted by Gasteiger charge is 2.44. The molecule has 9 nitrogen and oxygen atoms in total. The fraction of sp³-hybridized carbons (Fsp3) is 0.344. The van der Waals surface area contributed by atoms with Crippen LogP contribution in [0.25, 0.3) is 0 Å². The number of hydrogen-bond donors (Lipinski definition) is 3. The SMILES string of the molecule is COc1cc(CC(=O)N2C(COc3ccc(C(=O)O)cc3)CC3CCCCC32)ccc1NC(=O)Nc1ccccc1Br. The lowest BCUT2D eigenvalue weighted by atomic mass is 9.84. The van der Waals surface area contributed by atoms with Gasteiger partial charge in [-0.05, 0) is 95.2 Å². The minimum Gasteiger partial charge on any atom is -0.495 e. The highest BCUT2D eigenvalue weighted by Crippen LogP contribution is 2.40. The molecule has 0 radical (unpaired) electrons. The van der Waals surface area contributed by atoms with Crippen LogP contribution in [-0.2, 0) is 11.2 Å². The zero-order valence-electron chi connectivity index (χ0n) is 23.3. The van der Waals surface area contributed by atoms with Gasteiger partial charge in [-0.2, -0.15) is 0 Å². The zero-order valence-corrected chi connectivity index (χ0v) is 24.9. The number of ether oxygens (including phenoxy) is 2. The van der Waals surface area contributed by atoms with Crippen molar-refractivity contribution in [3.05, 3.63) is 82.3 Å². The van der Waals surface area contributed by atoms with Gasteiger partial charge < -0.3 is 30.1 Å². The number of nitrogens with zero attached hydrogens (tertiary/aromatic N) is 1. The predicted molar refractivity (Wildman–Crippen MR) is 163 cm³/mol. The summed E-state index contributed by atoms with van der Waals surface area (Å²) in [5, 5.41) is 14.8. The molecule has 1 aliphatic heterocycles. The number of fused-ring (bicyclic) bond motifs is 1. The maximum absolute atomic E-state index is 13.8. The van der Waals surface area contributed by atoms with Crippen LogP contribution in [0.2, 0.25) is 0 Å². The van der Waals surface area contributed by atoms with Gasteiger partial charge in [0.05, 0.1) is 36.5 Å². The summed E-state index contributed by atoms with van der Waals surface area (Å²) in [4.78, 5) is 39.6. The molecule has 0 bridgehead atoms. The lowest BCUT2D eigenvalue weighted by Crippen LogP contribution is -2.46. The molecule has 220 valence electrons. The van der Waals surface area contributed by atoms with Crippen molar-refractivity contribution in [2.45, 2.75) is 50.6 Å². The van der Waals surface area contributed by atoms with Crippen molar-refractivity contribution in [2.24, 2.45) is 5.92 Å². The number of likely N-dealkylation sites (tertiary alicyclic amines) is 1. The van der Waals surface area contributed by atoms with Crippen LogP contribution in [0.4, 0.5) is 16.2 Å². The van der Waals surface area contributed by atoms with Gasteiger partial charge in [-0.25, -0.2) is 9.59 Å². The monoisotopic (exact) mass is 635 g/mol. The number of rotatable bonds is 9. The van der Waals surface area contributed by atoms with E-state index >= 15 is 0 Å². The fourth-order valence-electron chi connectivity index (χ4n) is 6.04. The molecule has 3 N–H and O–H groups in total. The van der Waals surface area contributed by atoms with Crippen molar-refractivity contribution in [1.82, 2.24) is 4.90 Å². The van der Waals surface area contributed by atoms with Gasteiger partial charge in [-0.1, -0.05) is 31.0 Å². The van der Waals surface area contributed by atoms with Crippen molar-refractivity contribution in [3.8, 4) is 11.5 Å². The second-order valence-corrected chi connectivity index (χ2v) is 11.6. The van der Waals surface area contributed by atoms with Crippen molar-refractivity contribution in [2.75, 3.05) is 24.4 Å². The van der Waals surface area contributed by atoms with Gasteiger partial charge in [0.25, 0.3) is 0 Å². The summed E-state index contributed by atoms with van der Waals surface area (Å²) in [5.41, 5.74) is 2.12. The summed E-state index contributed by atoms with van der Waals surface area (Å²) in [6.07, 6.45) is 5.46. The number of carboxylic acids is 1. The average molecular weight is 637 g/mol. The van der Waals surface area contributed by atoms with E-state index in [4.69, 9.17) is 14.6 Å². The van der Waals surface area contributed by atoms with Crippen molar-refractivity contribution in [3.63, 3.8) is 0 Å². The molecule has 3 aromatic rings. The Bertz CT molecular complexity index is 1450. The second kappa shape index (κ2) is 13.3. The molecule has 3 amide bonds. The van der Waals surface area contributed by atoms with Crippen molar-refractivity contribution < 1.29 is 29.0 Å². The van der Waals surface area contributed by atoms with Crippen LogP contribution in [-0.4, -0.2) is 53.7 Å². The zero-order chi connectivity index (χ0) is 29.6. The molecule has 2 fully saturated rings. The number of benzene rings is 3. The van der Waals surface area contributed by atoms with Crippen LogP contribution < -0.4 is 20.1 Å². The lowest BCUT2D eigenvalue weighted by Gasteiger charge is -2.34. The lowest BCUT2D eigenvalue weighted by molar-refractivity contribution is -0.134. The molecule has 42 heavy (non-hydrogen) atoms. The Balaban J connectivity index is 1.26. The molecular formula is C32H34BrN3O6. The van der Waals surface area contributed by atoms with Gasteiger partial charge in [0.2, 0.25) is 5.91 Å². The number of aromatic carboxylic acids is 1. The van der Waals surface area contributed by atoms with E-state index in [1.165, 1.54) is 25.7 Å². The molecule has 2 aliphatic rings. The van der Waals surface area contributed by atoms with E-state index in [1.54, 1.807) is 30.3 Å². The van der Waals surface area contributed by atoms with Crippen LogP contribution in [0.3, 0.4) is 0 Å². The largest absolute Gasteiger partial charge is 0.495 e. The van der Waals surface area contributed by atoms with Gasteiger partial charge >= 0.3 is 12.0 Å². The third-order valence-corrected chi connectivity index (χ3v) is 8.71. The molecule has 3 unspecified atom stereocenters. The molecule has 1 aliphatic carbocycles. The Morgan fingerprint density at radius 1 is 0.976 bits per heavy atom. The summed E-state index contributed by atoms with van der Waals surface area (Å²) < 4.78 is 12.4. The summed E-state index contributed by atoms with van der Waals surface area (Å²) in [6, 6.07) is 18.8. The van der Waals surface area contributed by atoms with E-state index in [2.05, 4.69) is 26.6 Å². The Kier molecular flexibility index (Phi) is 9.31. The van der Waals surface area contributed by atoms with E-state index in [1.807, 2.05) is 29.2 Å². The van der Waals surface area contributed by atoms with Crippen LogP contribution >= 0.6 is 15.9 Å². The Morgan fingerprint density at radius 2 is 1.71 bits per heavy atom. The number of methoxy groups -OCH3 is 1. The Labute approximate surface area is 253 Å².